The molecule has 0 unspecified atom stereocenters. The maximum atomic E-state index is 13.6. The van der Waals surface area contributed by atoms with Gasteiger partial charge in [-0.1, -0.05) is 54.6 Å². The Morgan fingerprint density at radius 2 is 1.54 bits per heavy atom. The number of aromatic nitrogens is 1. The van der Waals surface area contributed by atoms with Crippen LogP contribution in [0.15, 0.2) is 103 Å². The summed E-state index contributed by atoms with van der Waals surface area (Å²) in [6.45, 7) is 2.00. The van der Waals surface area contributed by atoms with Crippen molar-refractivity contribution in [2.75, 3.05) is 24.2 Å². The number of carbonyl (C=O) groups is 2. The maximum absolute atomic E-state index is 13.6. The number of nitrogen functional groups attached to an aromatic ring is 1. The molecule has 2 atom stereocenters. The van der Waals surface area contributed by atoms with E-state index in [1.807, 2.05) is 49.4 Å². The average molecular weight is 525 g/mol. The van der Waals surface area contributed by atoms with Gasteiger partial charge in [-0.05, 0) is 66.4 Å². The van der Waals surface area contributed by atoms with Crippen LogP contribution in [0, 0.1) is 0 Å². The highest BCUT2D eigenvalue weighted by atomic mass is 16.6. The summed E-state index contributed by atoms with van der Waals surface area (Å²) in [5, 5.41) is 12.4. The number of nitrogens with zero attached hydrogens (tertiary/aromatic N) is 2. The third kappa shape index (κ3) is 7.00. The van der Waals surface area contributed by atoms with E-state index in [-0.39, 0.29) is 19.1 Å². The first-order valence-corrected chi connectivity index (χ1v) is 12.8. The molecule has 0 fully saturated rings. The van der Waals surface area contributed by atoms with Crippen molar-refractivity contribution in [3.05, 3.63) is 126 Å². The van der Waals surface area contributed by atoms with Crippen molar-refractivity contribution in [2.24, 2.45) is 0 Å². The lowest BCUT2D eigenvalue weighted by Gasteiger charge is -2.33. The SMILES string of the molecule is C[C@H](OC(=O)N(CCCO)[C@@H](c1ccccc1)c1ccc(C(=O)Nc2ccccc2N)cc1)c1ccncc1. The quantitative estimate of drug-likeness (QED) is 0.233. The number of rotatable bonds is 10. The lowest BCUT2D eigenvalue weighted by molar-refractivity contribution is 0.0591. The number of aliphatic hydroxyl groups excluding tert-OH is 1. The normalized spacial score (nSPS) is 12.3. The Kier molecular flexibility index (Phi) is 9.26. The molecule has 4 aromatic rings. The standard InChI is InChI=1S/C31H32N4O4/c1-22(23-16-18-33-19-17-23)39-31(38)35(20-7-21-36)29(24-8-3-2-4-9-24)25-12-14-26(15-13-25)30(37)34-28-11-6-5-10-27(28)32/h2-6,8-19,22,29,36H,7,20-21,32H2,1H3,(H,34,37)/t22-,29-/m0/s1. The number of benzene rings is 3. The number of carbonyl (C=O) groups excluding carboxylic acids is 2. The van der Waals surface area contributed by atoms with Crippen LogP contribution in [0.5, 0.6) is 0 Å². The molecule has 1 heterocycles. The molecule has 1 aromatic heterocycles. The molecule has 0 bridgehead atoms. The second-order valence-corrected chi connectivity index (χ2v) is 9.05. The summed E-state index contributed by atoms with van der Waals surface area (Å²) in [4.78, 5) is 32.1. The lowest BCUT2D eigenvalue weighted by Crippen LogP contribution is -2.37. The van der Waals surface area contributed by atoms with E-state index in [0.29, 0.717) is 23.4 Å². The molecule has 2 amide bonds. The molecule has 39 heavy (non-hydrogen) atoms. The third-order valence-electron chi connectivity index (χ3n) is 6.37. The topological polar surface area (TPSA) is 118 Å². The smallest absolute Gasteiger partial charge is 0.411 e. The zero-order chi connectivity index (χ0) is 27.6. The highest BCUT2D eigenvalue weighted by Crippen LogP contribution is 2.31. The number of para-hydroxylation sites is 2. The van der Waals surface area contributed by atoms with Gasteiger partial charge in [-0.25, -0.2) is 4.79 Å². The third-order valence-corrected chi connectivity index (χ3v) is 6.37. The van der Waals surface area contributed by atoms with E-state index in [9.17, 15) is 14.7 Å². The summed E-state index contributed by atoms with van der Waals surface area (Å²) < 4.78 is 5.86. The summed E-state index contributed by atoms with van der Waals surface area (Å²) in [5.41, 5.74) is 9.92. The number of pyridine rings is 1. The van der Waals surface area contributed by atoms with Gasteiger partial charge in [-0.3, -0.25) is 14.7 Å². The van der Waals surface area contributed by atoms with Crippen LogP contribution in [0.4, 0.5) is 16.2 Å². The molecule has 200 valence electrons. The number of anilines is 2. The number of ether oxygens (including phenoxy) is 1. The summed E-state index contributed by atoms with van der Waals surface area (Å²) >= 11 is 0. The summed E-state index contributed by atoms with van der Waals surface area (Å²) in [6, 6.07) is 26.9. The lowest BCUT2D eigenvalue weighted by atomic mass is 9.96. The van der Waals surface area contributed by atoms with Crippen LogP contribution in [0.1, 0.15) is 52.5 Å². The predicted octanol–water partition coefficient (Wildman–Crippen LogP) is 5.59. The molecule has 0 aliphatic heterocycles. The van der Waals surface area contributed by atoms with Crippen molar-refractivity contribution in [1.29, 1.82) is 0 Å². The average Bonchev–Trinajstić information content (AvgIpc) is 2.97. The minimum absolute atomic E-state index is 0.0765. The van der Waals surface area contributed by atoms with Crippen molar-refractivity contribution >= 4 is 23.4 Å². The van der Waals surface area contributed by atoms with Crippen LogP contribution in [0.3, 0.4) is 0 Å². The second kappa shape index (κ2) is 13.2. The van der Waals surface area contributed by atoms with Crippen LogP contribution < -0.4 is 11.1 Å². The van der Waals surface area contributed by atoms with Gasteiger partial charge in [0.25, 0.3) is 5.91 Å². The van der Waals surface area contributed by atoms with E-state index < -0.39 is 18.2 Å². The van der Waals surface area contributed by atoms with Gasteiger partial charge in [0.15, 0.2) is 0 Å². The highest BCUT2D eigenvalue weighted by molar-refractivity contribution is 6.05. The monoisotopic (exact) mass is 524 g/mol. The fourth-order valence-electron chi connectivity index (χ4n) is 4.30. The van der Waals surface area contributed by atoms with Crippen LogP contribution in [0.2, 0.25) is 0 Å². The van der Waals surface area contributed by atoms with Gasteiger partial charge < -0.3 is 20.9 Å². The van der Waals surface area contributed by atoms with Gasteiger partial charge in [0.1, 0.15) is 6.10 Å². The van der Waals surface area contributed by atoms with Gasteiger partial charge in [0, 0.05) is 31.1 Å². The summed E-state index contributed by atoms with van der Waals surface area (Å²) in [5.74, 6) is -0.293. The molecular formula is C31H32N4O4. The Morgan fingerprint density at radius 3 is 2.21 bits per heavy atom. The van der Waals surface area contributed by atoms with Gasteiger partial charge in [0.2, 0.25) is 0 Å². The largest absolute Gasteiger partial charge is 0.441 e. The highest BCUT2D eigenvalue weighted by Gasteiger charge is 2.29. The molecule has 0 saturated heterocycles. The van der Waals surface area contributed by atoms with E-state index in [4.69, 9.17) is 10.5 Å². The number of nitrogens with one attached hydrogen (secondary N) is 1. The van der Waals surface area contributed by atoms with Gasteiger partial charge >= 0.3 is 6.09 Å². The first-order chi connectivity index (χ1) is 19.0. The Balaban J connectivity index is 1.62. The van der Waals surface area contributed by atoms with Crippen molar-refractivity contribution < 1.29 is 19.4 Å². The first kappa shape index (κ1) is 27.3. The fourth-order valence-corrected chi connectivity index (χ4v) is 4.30. The van der Waals surface area contributed by atoms with E-state index in [1.54, 1.807) is 65.8 Å². The zero-order valence-corrected chi connectivity index (χ0v) is 21.7. The number of hydrogen-bond acceptors (Lipinski definition) is 6. The van der Waals surface area contributed by atoms with Gasteiger partial charge in [-0.15, -0.1) is 0 Å². The van der Waals surface area contributed by atoms with Crippen molar-refractivity contribution in [1.82, 2.24) is 9.88 Å². The molecule has 0 aliphatic rings. The van der Waals surface area contributed by atoms with Gasteiger partial charge in [0.05, 0.1) is 17.4 Å². The molecule has 4 rings (SSSR count). The van der Waals surface area contributed by atoms with E-state index >= 15 is 0 Å². The summed E-state index contributed by atoms with van der Waals surface area (Å²) in [7, 11) is 0. The van der Waals surface area contributed by atoms with Crippen LogP contribution in [0.25, 0.3) is 0 Å². The molecule has 0 saturated carbocycles. The minimum Gasteiger partial charge on any atom is -0.441 e. The maximum Gasteiger partial charge on any atom is 0.411 e. The Bertz CT molecular complexity index is 1360. The minimum atomic E-state index is -0.511. The zero-order valence-electron chi connectivity index (χ0n) is 21.7. The first-order valence-electron chi connectivity index (χ1n) is 12.8. The predicted molar refractivity (Wildman–Crippen MR) is 151 cm³/mol. The molecule has 0 aliphatic carbocycles. The number of nitrogens with two attached hydrogens (primary N) is 1. The van der Waals surface area contributed by atoms with Crippen LogP contribution in [-0.4, -0.2) is 40.1 Å². The van der Waals surface area contributed by atoms with Crippen molar-refractivity contribution in [2.45, 2.75) is 25.5 Å². The van der Waals surface area contributed by atoms with Gasteiger partial charge in [-0.2, -0.15) is 0 Å². The van der Waals surface area contributed by atoms with Crippen LogP contribution >= 0.6 is 0 Å². The molecule has 8 heteroatoms. The number of amides is 2. The van der Waals surface area contributed by atoms with Crippen LogP contribution in [-0.2, 0) is 4.74 Å². The van der Waals surface area contributed by atoms with E-state index in [0.717, 1.165) is 16.7 Å². The molecule has 0 radical (unpaired) electrons. The molecule has 4 N–H and O–H groups in total. The van der Waals surface area contributed by atoms with Crippen molar-refractivity contribution in [3.8, 4) is 0 Å². The molecule has 3 aromatic carbocycles. The van der Waals surface area contributed by atoms with E-state index in [1.165, 1.54) is 0 Å². The second-order valence-electron chi connectivity index (χ2n) is 9.05. The number of hydrogen-bond donors (Lipinski definition) is 3. The fraction of sp³-hybridized carbons (Fsp3) is 0.194. The Morgan fingerprint density at radius 1 is 0.897 bits per heavy atom. The molecular weight excluding hydrogens is 492 g/mol. The Labute approximate surface area is 228 Å². The van der Waals surface area contributed by atoms with E-state index in [2.05, 4.69) is 10.3 Å². The number of aliphatic hydroxyl groups is 1. The summed E-state index contributed by atoms with van der Waals surface area (Å²) in [6.07, 6.45) is 2.67. The molecule has 0 spiro atoms. The molecule has 8 nitrogen and oxygen atoms in total. The Hall–Kier alpha value is -4.69. The van der Waals surface area contributed by atoms with Crippen molar-refractivity contribution in [3.63, 3.8) is 0 Å².